The van der Waals surface area contributed by atoms with Crippen LogP contribution in [0.25, 0.3) is 11.4 Å². The highest BCUT2D eigenvalue weighted by atomic mass is 35.5. The van der Waals surface area contributed by atoms with E-state index < -0.39 is 11.5 Å². The quantitative estimate of drug-likeness (QED) is 0.892. The van der Waals surface area contributed by atoms with E-state index in [9.17, 15) is 4.79 Å². The Morgan fingerprint density at radius 3 is 2.82 bits per heavy atom. The second kappa shape index (κ2) is 3.85. The minimum absolute atomic E-state index is 0.113. The number of aromatic nitrogens is 4. The highest BCUT2D eigenvalue weighted by Crippen LogP contribution is 2.29. The Kier molecular flexibility index (Phi) is 2.62. The molecule has 0 unspecified atom stereocenters. The number of rotatable bonds is 3. The van der Waals surface area contributed by atoms with Gasteiger partial charge in [0, 0.05) is 0 Å². The largest absolute Gasteiger partial charge is 0.479 e. The first-order valence-electron chi connectivity index (χ1n) is 4.70. The number of aliphatic carboxylic acids is 1. The summed E-state index contributed by atoms with van der Waals surface area (Å²) in [6.45, 7) is 2.98. The molecule has 7 nitrogen and oxygen atoms in total. The van der Waals surface area contributed by atoms with E-state index in [4.69, 9.17) is 21.1 Å². The first-order chi connectivity index (χ1) is 7.94. The average molecular weight is 257 g/mol. The van der Waals surface area contributed by atoms with E-state index >= 15 is 0 Å². The highest BCUT2D eigenvalue weighted by molar-refractivity contribution is 6.31. The van der Waals surface area contributed by atoms with Gasteiger partial charge in [-0.3, -0.25) is 0 Å². The molecule has 0 aliphatic carbocycles. The van der Waals surface area contributed by atoms with Crippen molar-refractivity contribution in [3.8, 4) is 11.4 Å². The lowest BCUT2D eigenvalue weighted by Gasteiger charge is -2.19. The molecule has 0 aliphatic rings. The molecule has 0 aliphatic heterocycles. The lowest BCUT2D eigenvalue weighted by Crippen LogP contribution is -2.37. The van der Waals surface area contributed by atoms with E-state index in [1.807, 2.05) is 0 Å². The molecule has 0 saturated carbocycles. The van der Waals surface area contributed by atoms with Crippen LogP contribution in [0, 0.1) is 0 Å². The van der Waals surface area contributed by atoms with Crippen molar-refractivity contribution in [2.24, 2.45) is 0 Å². The third kappa shape index (κ3) is 1.78. The normalized spacial score (nSPS) is 11.7. The summed E-state index contributed by atoms with van der Waals surface area (Å²) >= 11 is 5.81. The van der Waals surface area contributed by atoms with Gasteiger partial charge < -0.3 is 9.52 Å². The fourth-order valence-corrected chi connectivity index (χ4v) is 1.47. The van der Waals surface area contributed by atoms with Gasteiger partial charge in [0.1, 0.15) is 0 Å². The van der Waals surface area contributed by atoms with Gasteiger partial charge in [-0.2, -0.15) is 0 Å². The van der Waals surface area contributed by atoms with Crippen LogP contribution in [-0.2, 0) is 10.3 Å². The number of furan rings is 1. The molecule has 2 aromatic rings. The van der Waals surface area contributed by atoms with Crippen molar-refractivity contribution < 1.29 is 14.3 Å². The molecule has 17 heavy (non-hydrogen) atoms. The first-order valence-corrected chi connectivity index (χ1v) is 5.08. The summed E-state index contributed by atoms with van der Waals surface area (Å²) < 4.78 is 6.11. The number of carbonyl (C=O) groups is 1. The van der Waals surface area contributed by atoms with Crippen LogP contribution >= 0.6 is 11.6 Å². The van der Waals surface area contributed by atoms with Gasteiger partial charge in [0.15, 0.2) is 11.4 Å². The van der Waals surface area contributed by atoms with Gasteiger partial charge in [-0.1, -0.05) is 0 Å². The smallest absolute Gasteiger partial charge is 0.331 e. The Morgan fingerprint density at radius 2 is 2.29 bits per heavy atom. The minimum atomic E-state index is -1.28. The lowest BCUT2D eigenvalue weighted by atomic mass is 10.1. The number of hydrogen-bond donors (Lipinski definition) is 1. The summed E-state index contributed by atoms with van der Waals surface area (Å²) in [6.07, 6.45) is 1.38. The van der Waals surface area contributed by atoms with Crippen LogP contribution in [0.2, 0.25) is 5.22 Å². The SMILES string of the molecule is CC(C)(C(=O)O)n1nnnc1-c1ccoc1Cl. The van der Waals surface area contributed by atoms with E-state index in [2.05, 4.69) is 15.5 Å². The number of carboxylic acid groups (broad SMARTS) is 1. The van der Waals surface area contributed by atoms with E-state index in [1.165, 1.54) is 24.8 Å². The monoisotopic (exact) mass is 256 g/mol. The molecule has 0 radical (unpaired) electrons. The van der Waals surface area contributed by atoms with Crippen molar-refractivity contribution >= 4 is 17.6 Å². The first kappa shape index (κ1) is 11.6. The zero-order chi connectivity index (χ0) is 12.6. The Morgan fingerprint density at radius 1 is 1.59 bits per heavy atom. The molecule has 0 saturated heterocycles. The van der Waals surface area contributed by atoms with Gasteiger partial charge in [0.2, 0.25) is 5.22 Å². The van der Waals surface area contributed by atoms with Crippen LogP contribution in [0.3, 0.4) is 0 Å². The molecule has 0 amide bonds. The number of halogens is 1. The fraction of sp³-hybridized carbons (Fsp3) is 0.333. The second-order valence-electron chi connectivity index (χ2n) is 3.89. The standard InChI is InChI=1S/C9H9ClN4O3/c1-9(2,8(15)16)14-7(11-12-13-14)5-3-4-17-6(5)10/h3-4H,1-2H3,(H,15,16). The second-order valence-corrected chi connectivity index (χ2v) is 4.23. The van der Waals surface area contributed by atoms with E-state index in [0.717, 1.165) is 0 Å². The Hall–Kier alpha value is -1.89. The van der Waals surface area contributed by atoms with Crippen LogP contribution in [0.1, 0.15) is 13.8 Å². The number of nitrogens with zero attached hydrogens (tertiary/aromatic N) is 4. The molecule has 0 aromatic carbocycles. The van der Waals surface area contributed by atoms with Gasteiger partial charge in [0.25, 0.3) is 0 Å². The molecular formula is C9H9ClN4O3. The van der Waals surface area contributed by atoms with Crippen molar-refractivity contribution in [3.05, 3.63) is 17.5 Å². The molecule has 0 atom stereocenters. The predicted octanol–water partition coefficient (Wildman–Crippen LogP) is 1.41. The summed E-state index contributed by atoms with van der Waals surface area (Å²) in [6, 6.07) is 1.57. The molecule has 0 spiro atoms. The number of tetrazole rings is 1. The van der Waals surface area contributed by atoms with Gasteiger partial charge in [-0.25, -0.2) is 9.48 Å². The van der Waals surface area contributed by atoms with E-state index in [0.29, 0.717) is 5.56 Å². The topological polar surface area (TPSA) is 94.0 Å². The molecule has 0 bridgehead atoms. The highest BCUT2D eigenvalue weighted by Gasteiger charge is 2.34. The molecule has 1 N–H and O–H groups in total. The van der Waals surface area contributed by atoms with Crippen LogP contribution in [-0.4, -0.2) is 31.3 Å². The fourth-order valence-electron chi connectivity index (χ4n) is 1.28. The van der Waals surface area contributed by atoms with Crippen molar-refractivity contribution in [1.82, 2.24) is 20.2 Å². The molecular weight excluding hydrogens is 248 g/mol. The van der Waals surface area contributed by atoms with Crippen molar-refractivity contribution in [2.45, 2.75) is 19.4 Å². The van der Waals surface area contributed by atoms with Crippen molar-refractivity contribution in [2.75, 3.05) is 0 Å². The Bertz CT molecular complexity index is 560. The van der Waals surface area contributed by atoms with Gasteiger partial charge in [-0.15, -0.1) is 5.10 Å². The van der Waals surface area contributed by atoms with Gasteiger partial charge in [-0.05, 0) is 41.9 Å². The molecule has 8 heteroatoms. The van der Waals surface area contributed by atoms with Crippen LogP contribution in [0.15, 0.2) is 16.7 Å². The minimum Gasteiger partial charge on any atom is -0.479 e. The van der Waals surface area contributed by atoms with Gasteiger partial charge >= 0.3 is 5.97 Å². The maximum Gasteiger partial charge on any atom is 0.331 e. The molecule has 0 fully saturated rings. The average Bonchev–Trinajstić information content (AvgIpc) is 2.84. The van der Waals surface area contributed by atoms with Crippen LogP contribution < -0.4 is 0 Å². The number of hydrogen-bond acceptors (Lipinski definition) is 5. The Balaban J connectivity index is 2.57. The predicted molar refractivity (Wildman–Crippen MR) is 57.5 cm³/mol. The van der Waals surface area contributed by atoms with E-state index in [1.54, 1.807) is 6.07 Å². The summed E-state index contributed by atoms with van der Waals surface area (Å²) in [5.41, 5.74) is -0.828. The zero-order valence-electron chi connectivity index (χ0n) is 9.09. The van der Waals surface area contributed by atoms with Gasteiger partial charge in [0.05, 0.1) is 11.8 Å². The third-order valence-electron chi connectivity index (χ3n) is 2.38. The molecule has 2 heterocycles. The zero-order valence-corrected chi connectivity index (χ0v) is 9.84. The maximum absolute atomic E-state index is 11.2. The van der Waals surface area contributed by atoms with Crippen LogP contribution in [0.4, 0.5) is 0 Å². The lowest BCUT2D eigenvalue weighted by molar-refractivity contribution is -0.146. The molecule has 90 valence electrons. The molecule has 2 rings (SSSR count). The summed E-state index contributed by atoms with van der Waals surface area (Å²) in [5.74, 6) is -0.804. The summed E-state index contributed by atoms with van der Waals surface area (Å²) in [7, 11) is 0. The van der Waals surface area contributed by atoms with Crippen molar-refractivity contribution in [1.29, 1.82) is 0 Å². The Labute approximate surface area is 101 Å². The molecule has 2 aromatic heterocycles. The maximum atomic E-state index is 11.2. The summed E-state index contributed by atoms with van der Waals surface area (Å²) in [5, 5.41) is 20.2. The van der Waals surface area contributed by atoms with Crippen LogP contribution in [0.5, 0.6) is 0 Å². The summed E-state index contributed by atoms with van der Waals surface area (Å²) in [4.78, 5) is 11.2. The van der Waals surface area contributed by atoms with Crippen molar-refractivity contribution in [3.63, 3.8) is 0 Å². The van der Waals surface area contributed by atoms with E-state index in [-0.39, 0.29) is 11.0 Å². The third-order valence-corrected chi connectivity index (χ3v) is 2.67. The number of carboxylic acids is 1.